The maximum atomic E-state index is 13.4. The third-order valence-electron chi connectivity index (χ3n) is 5.58. The molecule has 2 aromatic carbocycles. The van der Waals surface area contributed by atoms with Crippen LogP contribution in [0.5, 0.6) is 0 Å². The van der Waals surface area contributed by atoms with E-state index in [0.29, 0.717) is 24.7 Å². The Morgan fingerprint density at radius 1 is 0.941 bits per heavy atom. The number of carbonyl (C=O) groups is 2. The second-order valence-electron chi connectivity index (χ2n) is 8.88. The molecular formula is C27H32FN3O2S. The number of rotatable bonds is 9. The molecule has 180 valence electrons. The van der Waals surface area contributed by atoms with E-state index in [1.165, 1.54) is 22.6 Å². The summed E-state index contributed by atoms with van der Waals surface area (Å²) in [5, 5.41) is 4.88. The first-order chi connectivity index (χ1) is 16.2. The molecule has 0 aliphatic carbocycles. The quantitative estimate of drug-likeness (QED) is 0.380. The Balaban J connectivity index is 1.72. The summed E-state index contributed by atoms with van der Waals surface area (Å²) in [6, 6.07) is 17.3. The van der Waals surface area contributed by atoms with E-state index in [0.717, 1.165) is 10.4 Å². The lowest BCUT2D eigenvalue weighted by molar-refractivity contribution is -0.133. The van der Waals surface area contributed by atoms with Gasteiger partial charge in [-0.25, -0.2) is 9.18 Å². The molecule has 1 heterocycles. The number of carbonyl (C=O) groups excluding carboxylic acids is 2. The van der Waals surface area contributed by atoms with Gasteiger partial charge in [-0.3, -0.25) is 4.79 Å². The number of nitrogens with one attached hydrogen (secondary N) is 1. The van der Waals surface area contributed by atoms with Crippen molar-refractivity contribution in [2.75, 3.05) is 11.9 Å². The van der Waals surface area contributed by atoms with E-state index < -0.39 is 0 Å². The number of anilines is 1. The van der Waals surface area contributed by atoms with Gasteiger partial charge in [0.05, 0.1) is 6.54 Å². The highest BCUT2D eigenvalue weighted by atomic mass is 32.1. The van der Waals surface area contributed by atoms with Crippen LogP contribution < -0.4 is 5.32 Å². The number of amides is 3. The van der Waals surface area contributed by atoms with Crippen molar-refractivity contribution in [3.05, 3.63) is 87.9 Å². The summed E-state index contributed by atoms with van der Waals surface area (Å²) >= 11 is 1.57. The molecule has 7 heteroatoms. The van der Waals surface area contributed by atoms with Crippen LogP contribution in [0.4, 0.5) is 14.9 Å². The topological polar surface area (TPSA) is 52.7 Å². The highest BCUT2D eigenvalue weighted by Crippen LogP contribution is 2.19. The zero-order valence-electron chi connectivity index (χ0n) is 20.1. The van der Waals surface area contributed by atoms with E-state index in [2.05, 4.69) is 19.2 Å². The maximum absolute atomic E-state index is 13.4. The predicted molar refractivity (Wildman–Crippen MR) is 136 cm³/mol. The van der Waals surface area contributed by atoms with Gasteiger partial charge < -0.3 is 15.1 Å². The van der Waals surface area contributed by atoms with Crippen LogP contribution in [0.3, 0.4) is 0 Å². The lowest BCUT2D eigenvalue weighted by Gasteiger charge is -2.30. The van der Waals surface area contributed by atoms with Gasteiger partial charge in [0.25, 0.3) is 0 Å². The molecule has 0 bridgehead atoms. The minimum absolute atomic E-state index is 0.0554. The van der Waals surface area contributed by atoms with Crippen LogP contribution in [0.25, 0.3) is 0 Å². The maximum Gasteiger partial charge on any atom is 0.322 e. The van der Waals surface area contributed by atoms with Crippen LogP contribution in [0.1, 0.15) is 49.6 Å². The van der Waals surface area contributed by atoms with Gasteiger partial charge in [0.2, 0.25) is 5.91 Å². The van der Waals surface area contributed by atoms with E-state index in [4.69, 9.17) is 0 Å². The highest BCUT2D eigenvalue weighted by molar-refractivity contribution is 7.09. The minimum Gasteiger partial charge on any atom is -0.332 e. The highest BCUT2D eigenvalue weighted by Gasteiger charge is 2.24. The molecule has 1 aromatic heterocycles. The van der Waals surface area contributed by atoms with Crippen molar-refractivity contribution in [1.29, 1.82) is 0 Å². The minimum atomic E-state index is -0.321. The molecule has 0 saturated heterocycles. The van der Waals surface area contributed by atoms with Crippen LogP contribution in [0.15, 0.2) is 66.0 Å². The average molecular weight is 482 g/mol. The van der Waals surface area contributed by atoms with Gasteiger partial charge in [-0.2, -0.15) is 0 Å². The van der Waals surface area contributed by atoms with Gasteiger partial charge in [0.15, 0.2) is 0 Å². The van der Waals surface area contributed by atoms with E-state index >= 15 is 0 Å². The first-order valence-electron chi connectivity index (χ1n) is 11.4. The predicted octanol–water partition coefficient (Wildman–Crippen LogP) is 6.48. The SMILES string of the molecule is CC(C)c1ccc(NC(=O)N(CC(=O)N(Cc2ccc(F)cc2)Cc2cccs2)C(C)C)cc1. The Morgan fingerprint density at radius 3 is 2.18 bits per heavy atom. The monoisotopic (exact) mass is 481 g/mol. The number of hydrogen-bond donors (Lipinski definition) is 1. The second-order valence-corrected chi connectivity index (χ2v) is 9.92. The van der Waals surface area contributed by atoms with E-state index in [1.54, 1.807) is 28.4 Å². The number of nitrogens with zero attached hydrogens (tertiary/aromatic N) is 2. The van der Waals surface area contributed by atoms with Crippen LogP contribution in [-0.4, -0.2) is 34.3 Å². The van der Waals surface area contributed by atoms with Crippen LogP contribution in [0, 0.1) is 5.82 Å². The molecule has 0 aliphatic rings. The number of hydrogen-bond acceptors (Lipinski definition) is 3. The number of halogens is 1. The van der Waals surface area contributed by atoms with Crippen molar-refractivity contribution >= 4 is 29.0 Å². The van der Waals surface area contributed by atoms with Crippen molar-refractivity contribution in [2.45, 2.75) is 52.7 Å². The lowest BCUT2D eigenvalue weighted by atomic mass is 10.0. The summed E-state index contributed by atoms with van der Waals surface area (Å²) in [6.45, 7) is 8.72. The molecule has 0 atom stereocenters. The van der Waals surface area contributed by atoms with E-state index in [1.807, 2.05) is 55.6 Å². The summed E-state index contributed by atoms with van der Waals surface area (Å²) in [5.41, 5.74) is 2.71. The van der Waals surface area contributed by atoms with Gasteiger partial charge >= 0.3 is 6.03 Å². The second kappa shape index (κ2) is 11.8. The summed E-state index contributed by atoms with van der Waals surface area (Å²) in [5.74, 6) is -0.0781. The first-order valence-corrected chi connectivity index (χ1v) is 12.3. The van der Waals surface area contributed by atoms with Gasteiger partial charge in [-0.15, -0.1) is 11.3 Å². The van der Waals surface area contributed by atoms with Crippen LogP contribution in [-0.2, 0) is 17.9 Å². The van der Waals surface area contributed by atoms with E-state index in [9.17, 15) is 14.0 Å². The van der Waals surface area contributed by atoms with Crippen LogP contribution >= 0.6 is 11.3 Å². The van der Waals surface area contributed by atoms with Gasteiger partial charge in [0, 0.05) is 23.2 Å². The molecule has 3 aromatic rings. The molecule has 5 nitrogen and oxygen atoms in total. The molecule has 0 spiro atoms. The fourth-order valence-electron chi connectivity index (χ4n) is 3.51. The Labute approximate surface area is 205 Å². The molecule has 3 amide bonds. The van der Waals surface area contributed by atoms with Crippen molar-refractivity contribution in [3.8, 4) is 0 Å². The number of benzene rings is 2. The molecule has 0 radical (unpaired) electrons. The van der Waals surface area contributed by atoms with Gasteiger partial charge in [0.1, 0.15) is 12.4 Å². The molecule has 0 saturated carbocycles. The molecule has 34 heavy (non-hydrogen) atoms. The summed E-state index contributed by atoms with van der Waals surface area (Å²) in [6.07, 6.45) is 0. The zero-order chi connectivity index (χ0) is 24.7. The van der Waals surface area contributed by atoms with Crippen molar-refractivity contribution < 1.29 is 14.0 Å². The molecular weight excluding hydrogens is 449 g/mol. The summed E-state index contributed by atoms with van der Waals surface area (Å²) in [4.78, 5) is 30.7. The fourth-order valence-corrected chi connectivity index (χ4v) is 4.23. The van der Waals surface area contributed by atoms with Crippen molar-refractivity contribution in [2.24, 2.45) is 0 Å². The largest absolute Gasteiger partial charge is 0.332 e. The normalized spacial score (nSPS) is 11.0. The number of thiophene rings is 1. The lowest BCUT2D eigenvalue weighted by Crippen LogP contribution is -2.47. The third-order valence-corrected chi connectivity index (χ3v) is 6.45. The van der Waals surface area contributed by atoms with Crippen LogP contribution in [0.2, 0.25) is 0 Å². The van der Waals surface area contributed by atoms with Gasteiger partial charge in [-0.1, -0.05) is 44.2 Å². The average Bonchev–Trinajstić information content (AvgIpc) is 3.31. The molecule has 1 N–H and O–H groups in total. The van der Waals surface area contributed by atoms with Crippen molar-refractivity contribution in [1.82, 2.24) is 9.80 Å². The summed E-state index contributed by atoms with van der Waals surface area (Å²) < 4.78 is 13.3. The Morgan fingerprint density at radius 2 is 1.62 bits per heavy atom. The first kappa shape index (κ1) is 25.4. The Kier molecular flexibility index (Phi) is 8.82. The van der Waals surface area contributed by atoms with Crippen molar-refractivity contribution in [3.63, 3.8) is 0 Å². The fraction of sp³-hybridized carbons (Fsp3) is 0.333. The Hall–Kier alpha value is -3.19. The molecule has 0 fully saturated rings. The smallest absolute Gasteiger partial charge is 0.322 e. The zero-order valence-corrected chi connectivity index (χ0v) is 20.9. The number of urea groups is 1. The third kappa shape index (κ3) is 7.15. The molecule has 0 unspecified atom stereocenters. The van der Waals surface area contributed by atoms with E-state index in [-0.39, 0.29) is 30.3 Å². The summed E-state index contributed by atoms with van der Waals surface area (Å²) in [7, 11) is 0. The Bertz CT molecular complexity index is 1060. The molecule has 0 aliphatic heterocycles. The standard InChI is InChI=1S/C27H32FN3O2S/c1-19(2)22-9-13-24(14-10-22)29-27(33)31(20(3)4)18-26(32)30(17-25-6-5-15-34-25)16-21-7-11-23(28)12-8-21/h5-15,19-20H,16-18H2,1-4H3,(H,29,33). The molecule has 3 rings (SSSR count). The van der Waals surface area contributed by atoms with Gasteiger partial charge in [-0.05, 0) is 66.6 Å².